The average molecular weight is 268 g/mol. The molecule has 5 heteroatoms. The van der Waals surface area contributed by atoms with Crippen LogP contribution in [0.15, 0.2) is 25.0 Å². The van der Waals surface area contributed by atoms with Crippen LogP contribution >= 0.6 is 34.8 Å². The van der Waals surface area contributed by atoms with E-state index in [1.54, 1.807) is 6.07 Å². The van der Waals surface area contributed by atoms with E-state index >= 15 is 0 Å². The van der Waals surface area contributed by atoms with Crippen molar-refractivity contribution >= 4 is 34.8 Å². The minimum absolute atomic E-state index is 0.365. The second-order valence-electron chi connectivity index (χ2n) is 2.58. The van der Waals surface area contributed by atoms with Gasteiger partial charge in [0.2, 0.25) is 0 Å². The molecule has 15 heavy (non-hydrogen) atoms. The van der Waals surface area contributed by atoms with E-state index in [2.05, 4.69) is 6.58 Å². The van der Waals surface area contributed by atoms with E-state index < -0.39 is 0 Å². The maximum absolute atomic E-state index is 5.89. The van der Waals surface area contributed by atoms with E-state index in [9.17, 15) is 0 Å². The quantitative estimate of drug-likeness (QED) is 0.452. The molecule has 0 aliphatic carbocycles. The molecule has 0 fully saturated rings. The first-order valence-corrected chi connectivity index (χ1v) is 5.28. The van der Waals surface area contributed by atoms with Gasteiger partial charge in [-0.25, -0.2) is 0 Å². The first-order valence-electron chi connectivity index (χ1n) is 4.15. The van der Waals surface area contributed by atoms with E-state index in [1.165, 1.54) is 12.3 Å². The molecule has 0 saturated heterocycles. The molecule has 0 aromatic heterocycles. The zero-order valence-electron chi connectivity index (χ0n) is 7.80. The molecule has 1 aromatic carbocycles. The first kappa shape index (κ1) is 12.5. The molecule has 0 atom stereocenters. The van der Waals surface area contributed by atoms with Gasteiger partial charge in [-0.3, -0.25) is 0 Å². The summed E-state index contributed by atoms with van der Waals surface area (Å²) in [5.74, 6) is 0.485. The van der Waals surface area contributed by atoms with Gasteiger partial charge in [0.05, 0.1) is 21.3 Å². The van der Waals surface area contributed by atoms with Crippen LogP contribution in [0.4, 0.5) is 0 Å². The maximum Gasteiger partial charge on any atom is 0.139 e. The van der Waals surface area contributed by atoms with Crippen LogP contribution < -0.4 is 4.74 Å². The summed E-state index contributed by atoms with van der Waals surface area (Å²) >= 11 is 17.5. The summed E-state index contributed by atoms with van der Waals surface area (Å²) in [6.45, 7) is 4.17. The zero-order valence-corrected chi connectivity index (χ0v) is 10.1. The highest BCUT2D eigenvalue weighted by atomic mass is 35.5. The average Bonchev–Trinajstić information content (AvgIpc) is 2.20. The molecule has 0 bridgehead atoms. The van der Waals surface area contributed by atoms with Gasteiger partial charge in [-0.05, 0) is 6.07 Å². The van der Waals surface area contributed by atoms with Gasteiger partial charge in [0, 0.05) is 6.07 Å². The molecule has 0 saturated carbocycles. The Morgan fingerprint density at radius 3 is 2.40 bits per heavy atom. The molecule has 82 valence electrons. The third-order valence-electron chi connectivity index (χ3n) is 1.55. The van der Waals surface area contributed by atoms with Crippen molar-refractivity contribution < 1.29 is 9.47 Å². The van der Waals surface area contributed by atoms with Gasteiger partial charge in [0.1, 0.15) is 19.0 Å². The molecule has 1 rings (SSSR count). The van der Waals surface area contributed by atoms with E-state index in [-0.39, 0.29) is 0 Å². The minimum Gasteiger partial charge on any atom is -0.498 e. The lowest BCUT2D eigenvalue weighted by Crippen LogP contribution is -2.04. The predicted molar refractivity (Wildman–Crippen MR) is 63.1 cm³/mol. The van der Waals surface area contributed by atoms with Gasteiger partial charge in [-0.15, -0.1) is 0 Å². The monoisotopic (exact) mass is 266 g/mol. The van der Waals surface area contributed by atoms with E-state index in [4.69, 9.17) is 44.3 Å². The highest BCUT2D eigenvalue weighted by Gasteiger charge is 2.06. The van der Waals surface area contributed by atoms with Crippen LogP contribution in [0.2, 0.25) is 15.1 Å². The summed E-state index contributed by atoms with van der Waals surface area (Å²) in [7, 11) is 0. The molecular weight excluding hydrogens is 258 g/mol. The van der Waals surface area contributed by atoms with Crippen molar-refractivity contribution in [2.24, 2.45) is 0 Å². The lowest BCUT2D eigenvalue weighted by Gasteiger charge is -2.08. The second-order valence-corrected chi connectivity index (χ2v) is 3.80. The summed E-state index contributed by atoms with van der Waals surface area (Å²) in [4.78, 5) is 0. The largest absolute Gasteiger partial charge is 0.498 e. The lowest BCUT2D eigenvalue weighted by molar-refractivity contribution is 0.180. The SMILES string of the molecule is C=COCCOc1cc(Cl)c(Cl)cc1Cl. The molecule has 0 radical (unpaired) electrons. The fourth-order valence-electron chi connectivity index (χ4n) is 0.898. The second kappa shape index (κ2) is 6.11. The van der Waals surface area contributed by atoms with Crippen LogP contribution in [-0.2, 0) is 4.74 Å². The number of rotatable bonds is 5. The van der Waals surface area contributed by atoms with E-state index in [1.807, 2.05) is 0 Å². The van der Waals surface area contributed by atoms with Gasteiger partial charge in [-0.2, -0.15) is 0 Å². The van der Waals surface area contributed by atoms with Crippen LogP contribution in [0.1, 0.15) is 0 Å². The highest BCUT2D eigenvalue weighted by Crippen LogP contribution is 2.33. The molecule has 0 N–H and O–H groups in total. The van der Waals surface area contributed by atoms with E-state index in [0.717, 1.165) is 0 Å². The van der Waals surface area contributed by atoms with Crippen molar-refractivity contribution in [2.45, 2.75) is 0 Å². The van der Waals surface area contributed by atoms with Crippen LogP contribution in [0.3, 0.4) is 0 Å². The van der Waals surface area contributed by atoms with Gasteiger partial charge >= 0.3 is 0 Å². The molecule has 0 aliphatic heterocycles. The topological polar surface area (TPSA) is 18.5 Å². The number of benzene rings is 1. The van der Waals surface area contributed by atoms with Gasteiger partial charge in [0.15, 0.2) is 0 Å². The number of ether oxygens (including phenoxy) is 2. The Morgan fingerprint density at radius 2 is 1.73 bits per heavy atom. The van der Waals surface area contributed by atoms with Crippen LogP contribution in [-0.4, -0.2) is 13.2 Å². The number of halogens is 3. The Balaban J connectivity index is 2.61. The van der Waals surface area contributed by atoms with Crippen molar-refractivity contribution in [3.63, 3.8) is 0 Å². The Morgan fingerprint density at radius 1 is 1.07 bits per heavy atom. The molecular formula is C10H9Cl3O2. The number of hydrogen-bond acceptors (Lipinski definition) is 2. The Hall–Kier alpha value is -0.570. The standard InChI is InChI=1S/C10H9Cl3O2/c1-2-14-3-4-15-10-6-8(12)7(11)5-9(10)13/h2,5-6H,1,3-4H2. The van der Waals surface area contributed by atoms with Crippen molar-refractivity contribution in [3.8, 4) is 5.75 Å². The van der Waals surface area contributed by atoms with Gasteiger partial charge in [-0.1, -0.05) is 41.4 Å². The van der Waals surface area contributed by atoms with Crippen molar-refractivity contribution in [3.05, 3.63) is 40.0 Å². The summed E-state index contributed by atoms with van der Waals surface area (Å²) < 4.78 is 10.2. The Labute approximate surface area is 103 Å². The molecule has 0 unspecified atom stereocenters. The predicted octanol–water partition coefficient (Wildman–Crippen LogP) is 4.19. The lowest BCUT2D eigenvalue weighted by atomic mass is 10.3. The highest BCUT2D eigenvalue weighted by molar-refractivity contribution is 6.43. The van der Waals surface area contributed by atoms with Gasteiger partial charge < -0.3 is 9.47 Å². The Bertz CT molecular complexity index is 353. The van der Waals surface area contributed by atoms with Crippen LogP contribution in [0, 0.1) is 0 Å². The summed E-state index contributed by atoms with van der Waals surface area (Å²) in [6, 6.07) is 3.11. The fourth-order valence-corrected chi connectivity index (χ4v) is 1.49. The molecule has 2 nitrogen and oxygen atoms in total. The zero-order chi connectivity index (χ0) is 11.3. The molecule has 1 aromatic rings. The normalized spacial score (nSPS) is 9.80. The van der Waals surface area contributed by atoms with Crippen molar-refractivity contribution in [1.82, 2.24) is 0 Å². The molecule has 0 aliphatic rings. The molecule has 0 spiro atoms. The third kappa shape index (κ3) is 3.82. The van der Waals surface area contributed by atoms with Crippen molar-refractivity contribution in [2.75, 3.05) is 13.2 Å². The van der Waals surface area contributed by atoms with Crippen molar-refractivity contribution in [1.29, 1.82) is 0 Å². The summed E-state index contributed by atoms with van der Waals surface area (Å²) in [5.41, 5.74) is 0. The van der Waals surface area contributed by atoms with Gasteiger partial charge in [0.25, 0.3) is 0 Å². The summed E-state index contributed by atoms with van der Waals surface area (Å²) in [6.07, 6.45) is 1.35. The maximum atomic E-state index is 5.89. The number of hydrogen-bond donors (Lipinski definition) is 0. The fraction of sp³-hybridized carbons (Fsp3) is 0.200. The molecule has 0 amide bonds. The minimum atomic E-state index is 0.365. The van der Waals surface area contributed by atoms with Crippen LogP contribution in [0.25, 0.3) is 0 Å². The van der Waals surface area contributed by atoms with E-state index in [0.29, 0.717) is 34.0 Å². The third-order valence-corrected chi connectivity index (χ3v) is 2.57. The van der Waals surface area contributed by atoms with Crippen LogP contribution in [0.5, 0.6) is 5.75 Å². The Kier molecular flexibility index (Phi) is 5.09. The molecule has 0 heterocycles. The summed E-state index contributed by atoms with van der Waals surface area (Å²) in [5, 5.41) is 1.22. The smallest absolute Gasteiger partial charge is 0.139 e. The first-order chi connectivity index (χ1) is 7.15.